The number of fused-ring (bicyclic) bond motifs is 1. The second kappa shape index (κ2) is 6.86. The first-order chi connectivity index (χ1) is 13.5. The summed E-state index contributed by atoms with van der Waals surface area (Å²) in [5.41, 5.74) is 0.342. The Morgan fingerprint density at radius 2 is 1.75 bits per heavy atom. The molecule has 0 fully saturated rings. The second-order valence-electron chi connectivity index (χ2n) is 5.71. The number of nitrogens with zero attached hydrogens (tertiary/aromatic N) is 3. The van der Waals surface area contributed by atoms with Gasteiger partial charge in [-0.15, -0.1) is 10.2 Å². The molecule has 2 amide bonds. The molecule has 28 heavy (non-hydrogen) atoms. The molecule has 10 heteroatoms. The number of carbonyl (C=O) groups excluding carboxylic acids is 3. The van der Waals surface area contributed by atoms with E-state index in [9.17, 15) is 18.8 Å². The molecular weight excluding hydrogens is 393 g/mol. The van der Waals surface area contributed by atoms with Gasteiger partial charge in [-0.05, 0) is 24.3 Å². The first kappa shape index (κ1) is 17.8. The van der Waals surface area contributed by atoms with Gasteiger partial charge in [0.1, 0.15) is 5.82 Å². The van der Waals surface area contributed by atoms with Crippen LogP contribution in [0.5, 0.6) is 0 Å². The molecule has 0 atom stereocenters. The third-order valence-corrected chi connectivity index (χ3v) is 4.32. The Morgan fingerprint density at radius 1 is 1.07 bits per heavy atom. The maximum atomic E-state index is 13.8. The molecule has 0 radical (unpaired) electrons. The average Bonchev–Trinajstić information content (AvgIpc) is 3.24. The van der Waals surface area contributed by atoms with E-state index < -0.39 is 29.5 Å². The van der Waals surface area contributed by atoms with Gasteiger partial charge in [0.2, 0.25) is 5.89 Å². The molecule has 140 valence electrons. The van der Waals surface area contributed by atoms with Gasteiger partial charge in [-0.2, -0.15) is 0 Å². The van der Waals surface area contributed by atoms with Gasteiger partial charge in [0.15, 0.2) is 0 Å². The maximum absolute atomic E-state index is 13.8. The quantitative estimate of drug-likeness (QED) is 0.619. The minimum atomic E-state index is -1.20. The zero-order chi connectivity index (χ0) is 19.8. The van der Waals surface area contributed by atoms with Crippen LogP contribution in [0.1, 0.15) is 42.9 Å². The number of hydrogen-bond acceptors (Lipinski definition) is 7. The summed E-state index contributed by atoms with van der Waals surface area (Å²) in [6, 6.07) is 10.2. The van der Waals surface area contributed by atoms with Crippen molar-refractivity contribution in [2.45, 2.75) is 6.42 Å². The zero-order valence-corrected chi connectivity index (χ0v) is 14.6. The van der Waals surface area contributed by atoms with Crippen LogP contribution < -0.4 is 0 Å². The van der Waals surface area contributed by atoms with Crippen LogP contribution in [-0.4, -0.2) is 33.0 Å². The van der Waals surface area contributed by atoms with Crippen molar-refractivity contribution in [3.63, 3.8) is 0 Å². The van der Waals surface area contributed by atoms with Gasteiger partial charge in [0.25, 0.3) is 11.8 Å². The largest absolute Gasteiger partial charge is 0.421 e. The third-order valence-electron chi connectivity index (χ3n) is 3.96. The molecule has 1 aromatic heterocycles. The van der Waals surface area contributed by atoms with Gasteiger partial charge in [-0.1, -0.05) is 34.9 Å². The van der Waals surface area contributed by atoms with Crippen LogP contribution in [-0.2, 0) is 11.3 Å². The fourth-order valence-electron chi connectivity index (χ4n) is 2.63. The summed E-state index contributed by atoms with van der Waals surface area (Å²) in [4.78, 5) is 41.4. The van der Waals surface area contributed by atoms with Gasteiger partial charge in [-0.25, -0.2) is 9.18 Å². The van der Waals surface area contributed by atoms with Crippen molar-refractivity contribution in [1.82, 2.24) is 15.3 Å². The number of hydrogen-bond donors (Lipinski definition) is 0. The highest BCUT2D eigenvalue weighted by molar-refractivity contribution is 6.31. The number of hydroxylamine groups is 2. The van der Waals surface area contributed by atoms with E-state index in [1.807, 2.05) is 0 Å². The highest BCUT2D eigenvalue weighted by Crippen LogP contribution is 2.24. The van der Waals surface area contributed by atoms with Crippen LogP contribution in [0.3, 0.4) is 0 Å². The number of imide groups is 1. The van der Waals surface area contributed by atoms with Gasteiger partial charge in [0.05, 0.1) is 17.5 Å². The lowest BCUT2D eigenvalue weighted by molar-refractivity contribution is -0.0609. The molecule has 3 aromatic rings. The van der Waals surface area contributed by atoms with Gasteiger partial charge >= 0.3 is 11.9 Å². The van der Waals surface area contributed by atoms with Crippen LogP contribution >= 0.6 is 11.6 Å². The van der Waals surface area contributed by atoms with E-state index in [1.54, 1.807) is 12.1 Å². The Labute approximate surface area is 161 Å². The van der Waals surface area contributed by atoms with Crippen LogP contribution in [0.15, 0.2) is 46.9 Å². The topological polar surface area (TPSA) is 103 Å². The molecule has 0 bridgehead atoms. The monoisotopic (exact) mass is 401 g/mol. The van der Waals surface area contributed by atoms with Crippen LogP contribution in [0.25, 0.3) is 0 Å². The smallest absolute Gasteiger partial charge is 0.415 e. The van der Waals surface area contributed by atoms with Gasteiger partial charge in [-0.3, -0.25) is 9.59 Å². The van der Waals surface area contributed by atoms with E-state index in [0.717, 1.165) is 0 Å². The fourth-order valence-corrected chi connectivity index (χ4v) is 2.86. The summed E-state index contributed by atoms with van der Waals surface area (Å²) >= 11 is 5.94. The fraction of sp³-hybridized carbons (Fsp3) is 0.0556. The Morgan fingerprint density at radius 3 is 2.39 bits per heavy atom. The normalized spacial score (nSPS) is 13.0. The van der Waals surface area contributed by atoms with Crippen LogP contribution in [0.2, 0.25) is 5.02 Å². The van der Waals surface area contributed by atoms with E-state index in [-0.39, 0.29) is 34.0 Å². The molecule has 0 saturated heterocycles. The van der Waals surface area contributed by atoms with Crippen molar-refractivity contribution < 1.29 is 28.0 Å². The minimum Gasteiger partial charge on any atom is -0.415 e. The van der Waals surface area contributed by atoms with E-state index in [4.69, 9.17) is 20.9 Å². The summed E-state index contributed by atoms with van der Waals surface area (Å²) in [6.45, 7) is 0. The maximum Gasteiger partial charge on any atom is 0.421 e. The highest BCUT2D eigenvalue weighted by Gasteiger charge is 2.39. The zero-order valence-electron chi connectivity index (χ0n) is 13.9. The average molecular weight is 402 g/mol. The number of halogens is 2. The highest BCUT2D eigenvalue weighted by atomic mass is 35.5. The molecule has 8 nitrogen and oxygen atoms in total. The number of rotatable bonds is 4. The molecular formula is C18H9ClFN3O5. The van der Waals surface area contributed by atoms with Crippen LogP contribution in [0, 0.1) is 5.82 Å². The molecule has 0 N–H and O–H groups in total. The number of benzene rings is 2. The summed E-state index contributed by atoms with van der Waals surface area (Å²) < 4.78 is 19.0. The number of aromatic nitrogens is 2. The van der Waals surface area contributed by atoms with Crippen molar-refractivity contribution in [2.24, 2.45) is 0 Å². The number of amides is 2. The molecule has 0 aliphatic carbocycles. The Bertz CT molecular complexity index is 1070. The molecule has 4 rings (SSSR count). The third kappa shape index (κ3) is 3.01. The van der Waals surface area contributed by atoms with E-state index in [0.29, 0.717) is 5.06 Å². The molecule has 0 spiro atoms. The predicted octanol–water partition coefficient (Wildman–Crippen LogP) is 2.82. The first-order valence-electron chi connectivity index (χ1n) is 7.91. The first-order valence-corrected chi connectivity index (χ1v) is 8.29. The summed E-state index contributed by atoms with van der Waals surface area (Å²) in [6.07, 6.45) is -0.154. The lowest BCUT2D eigenvalue weighted by atomic mass is 10.1. The second-order valence-corrected chi connectivity index (χ2v) is 6.11. The minimum absolute atomic E-state index is 0.0960. The molecule has 0 saturated carbocycles. The van der Waals surface area contributed by atoms with E-state index in [1.165, 1.54) is 30.3 Å². The lowest BCUT2D eigenvalue weighted by Gasteiger charge is -2.10. The van der Waals surface area contributed by atoms with Crippen molar-refractivity contribution in [2.75, 3.05) is 0 Å². The Hall–Kier alpha value is -3.59. The molecule has 0 unspecified atom stereocenters. The molecule has 2 heterocycles. The Balaban J connectivity index is 1.50. The van der Waals surface area contributed by atoms with E-state index in [2.05, 4.69) is 10.2 Å². The standard InChI is InChI=1S/C18H9ClFN3O5/c19-12-6-3-7-13(20)11(12)8-14-21-22-15(27-14)18(26)28-23-16(24)9-4-1-2-5-10(9)17(23)25/h1-7H,8H2. The summed E-state index contributed by atoms with van der Waals surface area (Å²) in [7, 11) is 0. The molecule has 2 aromatic carbocycles. The summed E-state index contributed by atoms with van der Waals surface area (Å²) in [5.74, 6) is -4.03. The number of carbonyl (C=O) groups is 3. The SMILES string of the molecule is O=C(ON1C(=O)c2ccccc2C1=O)c1nnc(Cc2c(F)cccc2Cl)o1. The molecule has 1 aliphatic heterocycles. The van der Waals surface area contributed by atoms with Gasteiger partial charge < -0.3 is 9.25 Å². The predicted molar refractivity (Wildman–Crippen MR) is 90.9 cm³/mol. The molecule has 1 aliphatic rings. The van der Waals surface area contributed by atoms with Crippen molar-refractivity contribution in [3.05, 3.63) is 81.8 Å². The van der Waals surface area contributed by atoms with Crippen molar-refractivity contribution >= 4 is 29.4 Å². The van der Waals surface area contributed by atoms with Crippen molar-refractivity contribution in [1.29, 1.82) is 0 Å². The Kier molecular flexibility index (Phi) is 4.36. The van der Waals surface area contributed by atoms with E-state index >= 15 is 0 Å². The van der Waals surface area contributed by atoms with Crippen LogP contribution in [0.4, 0.5) is 4.39 Å². The van der Waals surface area contributed by atoms with Crippen molar-refractivity contribution in [3.8, 4) is 0 Å². The summed E-state index contributed by atoms with van der Waals surface area (Å²) in [5, 5.41) is 7.63. The lowest BCUT2D eigenvalue weighted by Crippen LogP contribution is -2.32. The van der Waals surface area contributed by atoms with Gasteiger partial charge in [0, 0.05) is 10.6 Å².